The van der Waals surface area contributed by atoms with Gasteiger partial charge in [-0.05, 0) is 50.4 Å². The molecule has 1 aliphatic heterocycles. The molecule has 2 aromatic rings. The molecule has 1 aromatic heterocycles. The van der Waals surface area contributed by atoms with E-state index in [4.69, 9.17) is 4.74 Å². The van der Waals surface area contributed by atoms with Crippen LogP contribution in [0.4, 0.5) is 0 Å². The summed E-state index contributed by atoms with van der Waals surface area (Å²) in [5, 5.41) is 3.93. The Bertz CT molecular complexity index is 669. The van der Waals surface area contributed by atoms with Gasteiger partial charge in [0.25, 0.3) is 5.91 Å². The molecule has 2 heterocycles. The summed E-state index contributed by atoms with van der Waals surface area (Å²) in [4.78, 5) is 15.1. The van der Waals surface area contributed by atoms with Crippen molar-refractivity contribution in [3.63, 3.8) is 0 Å². The maximum Gasteiger partial charge on any atom is 0.267 e. The summed E-state index contributed by atoms with van der Waals surface area (Å²) in [6.45, 7) is 6.08. The van der Waals surface area contributed by atoms with Crippen molar-refractivity contribution in [2.24, 2.45) is 5.92 Å². The first-order valence-corrected chi connectivity index (χ1v) is 8.68. The number of rotatable bonds is 4. The molecule has 1 amide bonds. The van der Waals surface area contributed by atoms with Crippen molar-refractivity contribution in [2.75, 3.05) is 19.7 Å². The molecule has 0 radical (unpaired) electrons. The Morgan fingerprint density at radius 3 is 2.83 bits per heavy atom. The second-order valence-corrected chi connectivity index (χ2v) is 6.83. The van der Waals surface area contributed by atoms with Crippen molar-refractivity contribution in [2.45, 2.75) is 26.7 Å². The van der Waals surface area contributed by atoms with Gasteiger partial charge < -0.3 is 9.64 Å². The molecule has 1 unspecified atom stereocenters. The number of aryl methyl sites for hydroxylation is 2. The normalized spacial score (nSPS) is 18.0. The fourth-order valence-electron chi connectivity index (χ4n) is 2.81. The van der Waals surface area contributed by atoms with Crippen molar-refractivity contribution >= 4 is 17.4 Å². The van der Waals surface area contributed by atoms with Crippen molar-refractivity contribution in [3.05, 3.63) is 40.4 Å². The fraction of sp³-hybridized carbons (Fsp3) is 0.471. The van der Waals surface area contributed by atoms with E-state index in [1.165, 1.54) is 17.1 Å². The molecule has 0 bridgehead atoms. The number of ether oxygens (including phenoxy) is 1. The molecular formula is C17H21N3O2S. The summed E-state index contributed by atoms with van der Waals surface area (Å²) in [6.07, 6.45) is 2.11. The number of amides is 1. The largest absolute Gasteiger partial charge is 0.493 e. The number of carbonyl (C=O) groups excluding carboxylic acids is 1. The quantitative estimate of drug-likeness (QED) is 0.864. The monoisotopic (exact) mass is 331 g/mol. The van der Waals surface area contributed by atoms with Gasteiger partial charge in [-0.1, -0.05) is 22.2 Å². The minimum atomic E-state index is 0.0533. The van der Waals surface area contributed by atoms with E-state index in [2.05, 4.69) is 16.5 Å². The highest BCUT2D eigenvalue weighted by Gasteiger charge is 2.27. The van der Waals surface area contributed by atoms with E-state index in [-0.39, 0.29) is 5.91 Å². The lowest BCUT2D eigenvalue weighted by atomic mass is 9.98. The molecule has 0 spiro atoms. The first-order valence-electron chi connectivity index (χ1n) is 7.91. The Labute approximate surface area is 140 Å². The zero-order valence-electron chi connectivity index (χ0n) is 13.5. The van der Waals surface area contributed by atoms with E-state index in [0.717, 1.165) is 37.4 Å². The van der Waals surface area contributed by atoms with Crippen molar-refractivity contribution in [3.8, 4) is 5.75 Å². The summed E-state index contributed by atoms with van der Waals surface area (Å²) in [6, 6.07) is 8.08. The standard InChI is InChI=1S/C17H21N3O2S/c1-12-5-7-15(8-6-12)22-11-14-4-3-9-20(10-14)17(21)16-13(2)18-19-23-16/h5-8,14H,3-4,9-11H2,1-2H3. The molecule has 6 heteroatoms. The Morgan fingerprint density at radius 2 is 2.13 bits per heavy atom. The van der Waals surface area contributed by atoms with E-state index in [9.17, 15) is 4.79 Å². The Balaban J connectivity index is 1.57. The maximum absolute atomic E-state index is 12.6. The number of hydrogen-bond donors (Lipinski definition) is 0. The SMILES string of the molecule is Cc1ccc(OCC2CCCN(C(=O)c3snnc3C)C2)cc1. The Morgan fingerprint density at radius 1 is 1.35 bits per heavy atom. The van der Waals surface area contributed by atoms with Gasteiger partial charge in [-0.15, -0.1) is 5.10 Å². The second-order valence-electron chi connectivity index (χ2n) is 6.07. The van der Waals surface area contributed by atoms with Crippen LogP contribution in [-0.4, -0.2) is 40.1 Å². The van der Waals surface area contributed by atoms with Crippen LogP contribution in [0.3, 0.4) is 0 Å². The highest BCUT2D eigenvalue weighted by Crippen LogP contribution is 2.22. The third-order valence-corrected chi connectivity index (χ3v) is 4.97. The van der Waals surface area contributed by atoms with Gasteiger partial charge in [0.05, 0.1) is 12.3 Å². The van der Waals surface area contributed by atoms with Crippen LogP contribution in [0, 0.1) is 19.8 Å². The van der Waals surface area contributed by atoms with Crippen LogP contribution >= 0.6 is 11.5 Å². The average Bonchev–Trinajstić information content (AvgIpc) is 3.00. The number of piperidine rings is 1. The molecular weight excluding hydrogens is 310 g/mol. The lowest BCUT2D eigenvalue weighted by Crippen LogP contribution is -2.41. The van der Waals surface area contributed by atoms with Crippen LogP contribution in [0.15, 0.2) is 24.3 Å². The second kappa shape index (κ2) is 7.08. The minimum absolute atomic E-state index is 0.0533. The molecule has 23 heavy (non-hydrogen) atoms. The first-order chi connectivity index (χ1) is 11.1. The van der Waals surface area contributed by atoms with Gasteiger partial charge in [0.2, 0.25) is 0 Å². The molecule has 1 aromatic carbocycles. The zero-order chi connectivity index (χ0) is 16.2. The molecule has 0 saturated carbocycles. The van der Waals surface area contributed by atoms with Crippen LogP contribution in [0.2, 0.25) is 0 Å². The summed E-state index contributed by atoms with van der Waals surface area (Å²) < 4.78 is 9.74. The van der Waals surface area contributed by atoms with E-state index in [1.54, 1.807) is 0 Å². The molecule has 0 aliphatic carbocycles. The van der Waals surface area contributed by atoms with Crippen LogP contribution in [0.25, 0.3) is 0 Å². The lowest BCUT2D eigenvalue weighted by Gasteiger charge is -2.32. The highest BCUT2D eigenvalue weighted by molar-refractivity contribution is 7.07. The van der Waals surface area contributed by atoms with Crippen LogP contribution in [0.1, 0.15) is 33.8 Å². The molecule has 0 N–H and O–H groups in total. The summed E-state index contributed by atoms with van der Waals surface area (Å²) in [5.74, 6) is 1.31. The third-order valence-electron chi connectivity index (χ3n) is 4.16. The van der Waals surface area contributed by atoms with Crippen molar-refractivity contribution < 1.29 is 9.53 Å². The Kier molecular flexibility index (Phi) is 4.91. The average molecular weight is 331 g/mol. The van der Waals surface area contributed by atoms with Gasteiger partial charge >= 0.3 is 0 Å². The van der Waals surface area contributed by atoms with Gasteiger partial charge in [0.1, 0.15) is 10.6 Å². The highest BCUT2D eigenvalue weighted by atomic mass is 32.1. The molecule has 1 saturated heterocycles. The fourth-order valence-corrected chi connectivity index (χ4v) is 3.43. The number of nitrogens with zero attached hydrogens (tertiary/aromatic N) is 3. The topological polar surface area (TPSA) is 55.3 Å². The number of carbonyl (C=O) groups is 1. The molecule has 5 nitrogen and oxygen atoms in total. The third kappa shape index (κ3) is 3.88. The number of likely N-dealkylation sites (tertiary alicyclic amines) is 1. The smallest absolute Gasteiger partial charge is 0.267 e. The Hall–Kier alpha value is -1.95. The number of aromatic nitrogens is 2. The van der Waals surface area contributed by atoms with Gasteiger partial charge in [-0.2, -0.15) is 0 Å². The van der Waals surface area contributed by atoms with Crippen molar-refractivity contribution in [1.82, 2.24) is 14.5 Å². The van der Waals surface area contributed by atoms with Crippen LogP contribution < -0.4 is 4.74 Å². The summed E-state index contributed by atoms with van der Waals surface area (Å²) >= 11 is 1.18. The number of hydrogen-bond acceptors (Lipinski definition) is 5. The van der Waals surface area contributed by atoms with Gasteiger partial charge in [0, 0.05) is 19.0 Å². The molecule has 3 rings (SSSR count). The van der Waals surface area contributed by atoms with E-state index in [1.807, 2.05) is 36.1 Å². The predicted molar refractivity (Wildman–Crippen MR) is 89.9 cm³/mol. The van der Waals surface area contributed by atoms with E-state index < -0.39 is 0 Å². The van der Waals surface area contributed by atoms with E-state index >= 15 is 0 Å². The first kappa shape index (κ1) is 15.9. The van der Waals surface area contributed by atoms with Gasteiger partial charge in [-0.3, -0.25) is 4.79 Å². The lowest BCUT2D eigenvalue weighted by molar-refractivity contribution is 0.0637. The zero-order valence-corrected chi connectivity index (χ0v) is 14.3. The van der Waals surface area contributed by atoms with Crippen LogP contribution in [-0.2, 0) is 0 Å². The molecule has 122 valence electrons. The maximum atomic E-state index is 12.6. The van der Waals surface area contributed by atoms with Gasteiger partial charge in [0.15, 0.2) is 0 Å². The van der Waals surface area contributed by atoms with E-state index in [0.29, 0.717) is 17.4 Å². The predicted octanol–water partition coefficient (Wildman–Crippen LogP) is 3.09. The molecule has 1 atom stereocenters. The molecule has 1 fully saturated rings. The molecule has 1 aliphatic rings. The van der Waals surface area contributed by atoms with Crippen LogP contribution in [0.5, 0.6) is 5.75 Å². The minimum Gasteiger partial charge on any atom is -0.493 e. The summed E-state index contributed by atoms with van der Waals surface area (Å²) in [5.41, 5.74) is 1.94. The van der Waals surface area contributed by atoms with Gasteiger partial charge in [-0.25, -0.2) is 0 Å². The number of benzene rings is 1. The summed E-state index contributed by atoms with van der Waals surface area (Å²) in [7, 11) is 0. The van der Waals surface area contributed by atoms with Crippen molar-refractivity contribution in [1.29, 1.82) is 0 Å².